The normalized spacial score (nSPS) is 21.4. The first-order valence-corrected chi connectivity index (χ1v) is 12.1. The number of anilines is 1. The molecule has 0 spiro atoms. The van der Waals surface area contributed by atoms with Gasteiger partial charge in [-0.15, -0.1) is 11.3 Å². The van der Waals surface area contributed by atoms with E-state index in [9.17, 15) is 14.4 Å². The van der Waals surface area contributed by atoms with Crippen LogP contribution in [0.4, 0.5) is 9.80 Å². The monoisotopic (exact) mass is 449 g/mol. The maximum atomic E-state index is 13.4. The number of hydrogen-bond donors (Lipinski definition) is 1. The van der Waals surface area contributed by atoms with Crippen molar-refractivity contribution in [1.29, 1.82) is 0 Å². The second-order valence-corrected chi connectivity index (χ2v) is 9.40. The smallest absolute Gasteiger partial charge is 0.409 e. The van der Waals surface area contributed by atoms with E-state index in [1.165, 1.54) is 4.88 Å². The summed E-state index contributed by atoms with van der Waals surface area (Å²) in [4.78, 5) is 43.3. The zero-order chi connectivity index (χ0) is 21.8. The highest BCUT2D eigenvalue weighted by atomic mass is 32.1. The largest absolute Gasteiger partial charge is 0.450 e. The molecule has 2 aliphatic heterocycles. The van der Waals surface area contributed by atoms with Gasteiger partial charge in [0.25, 0.3) is 5.91 Å². The van der Waals surface area contributed by atoms with Gasteiger partial charge in [0.15, 0.2) is 0 Å². The molecule has 3 heterocycles. The number of likely N-dealkylation sites (tertiary alicyclic amines) is 1. The van der Waals surface area contributed by atoms with E-state index in [-0.39, 0.29) is 23.8 Å². The number of amides is 3. The summed E-state index contributed by atoms with van der Waals surface area (Å²) in [6.07, 6.45) is 5.14. The number of carbonyl (C=O) groups excluding carboxylic acids is 3. The summed E-state index contributed by atoms with van der Waals surface area (Å²) >= 11 is 1.55. The Labute approximate surface area is 186 Å². The summed E-state index contributed by atoms with van der Waals surface area (Å²) in [7, 11) is 0. The molecule has 4 rings (SSSR count). The maximum Gasteiger partial charge on any atom is 0.409 e. The zero-order valence-corrected chi connectivity index (χ0v) is 18.9. The Hall–Kier alpha value is -2.13. The van der Waals surface area contributed by atoms with Crippen molar-refractivity contribution in [1.82, 2.24) is 9.80 Å². The van der Waals surface area contributed by atoms with E-state index in [1.807, 2.05) is 4.90 Å². The van der Waals surface area contributed by atoms with Gasteiger partial charge < -0.3 is 24.6 Å². The van der Waals surface area contributed by atoms with E-state index in [0.717, 1.165) is 44.1 Å². The lowest BCUT2D eigenvalue weighted by molar-refractivity contribution is -0.121. The molecule has 9 heteroatoms. The van der Waals surface area contributed by atoms with Gasteiger partial charge in [0.05, 0.1) is 31.3 Å². The molecule has 2 saturated heterocycles. The van der Waals surface area contributed by atoms with Crippen LogP contribution in [0.15, 0.2) is 0 Å². The third-order valence-electron chi connectivity index (χ3n) is 6.24. The minimum atomic E-state index is -0.366. The molecule has 1 unspecified atom stereocenters. The Morgan fingerprint density at radius 1 is 1.10 bits per heavy atom. The molecule has 3 amide bonds. The van der Waals surface area contributed by atoms with Gasteiger partial charge >= 0.3 is 6.09 Å². The zero-order valence-electron chi connectivity index (χ0n) is 18.1. The number of thiophene rings is 1. The number of nitrogens with zero attached hydrogens (tertiary/aromatic N) is 2. The second kappa shape index (κ2) is 9.99. The van der Waals surface area contributed by atoms with Crippen molar-refractivity contribution in [3.8, 4) is 0 Å². The van der Waals surface area contributed by atoms with Crippen LogP contribution in [-0.4, -0.2) is 73.7 Å². The number of ether oxygens (including phenoxy) is 2. The van der Waals surface area contributed by atoms with Crippen molar-refractivity contribution in [2.24, 2.45) is 5.92 Å². The quantitative estimate of drug-likeness (QED) is 0.764. The van der Waals surface area contributed by atoms with Crippen molar-refractivity contribution >= 4 is 34.2 Å². The standard InChI is InChI=1S/C22H31N3O5S/c1-2-30-22(28)25-9-5-6-15(14-25)19(26)23-20-18(16-7-3-4-8-17(16)31-20)21(27)24-10-12-29-13-11-24/h15H,2-14H2,1H3,(H,23,26). The molecule has 2 fully saturated rings. The van der Waals surface area contributed by atoms with Gasteiger partial charge in [-0.25, -0.2) is 4.79 Å². The van der Waals surface area contributed by atoms with Gasteiger partial charge in [-0.05, 0) is 51.0 Å². The van der Waals surface area contributed by atoms with Crippen LogP contribution in [0, 0.1) is 5.92 Å². The molecular formula is C22H31N3O5S. The number of rotatable bonds is 4. The Balaban J connectivity index is 1.52. The number of carbonyl (C=O) groups is 3. The van der Waals surface area contributed by atoms with Crippen molar-refractivity contribution < 1.29 is 23.9 Å². The number of aryl methyl sites for hydroxylation is 1. The summed E-state index contributed by atoms with van der Waals surface area (Å²) in [6, 6.07) is 0. The van der Waals surface area contributed by atoms with Gasteiger partial charge in [-0.3, -0.25) is 9.59 Å². The molecule has 1 aliphatic carbocycles. The average Bonchev–Trinajstić information content (AvgIpc) is 3.17. The number of fused-ring (bicyclic) bond motifs is 1. The first kappa shape index (κ1) is 22.1. The van der Waals surface area contributed by atoms with Gasteiger partial charge in [-0.2, -0.15) is 0 Å². The highest BCUT2D eigenvalue weighted by Crippen LogP contribution is 2.39. The fourth-order valence-corrected chi connectivity index (χ4v) is 5.87. The fraction of sp³-hybridized carbons (Fsp3) is 0.682. The molecule has 3 aliphatic rings. The third kappa shape index (κ3) is 4.87. The van der Waals surface area contributed by atoms with Crippen molar-refractivity contribution in [3.05, 3.63) is 16.0 Å². The lowest BCUT2D eigenvalue weighted by Crippen LogP contribution is -2.44. The average molecular weight is 450 g/mol. The van der Waals surface area contributed by atoms with Crippen molar-refractivity contribution in [2.45, 2.75) is 45.4 Å². The summed E-state index contributed by atoms with van der Waals surface area (Å²) in [5, 5.41) is 3.74. The molecule has 1 aromatic heterocycles. The van der Waals surface area contributed by atoms with Crippen LogP contribution in [0.3, 0.4) is 0 Å². The second-order valence-electron chi connectivity index (χ2n) is 8.29. The topological polar surface area (TPSA) is 88.2 Å². The molecule has 1 aromatic rings. The van der Waals surface area contributed by atoms with E-state index < -0.39 is 0 Å². The van der Waals surface area contributed by atoms with Gasteiger partial charge in [0.1, 0.15) is 5.00 Å². The SMILES string of the molecule is CCOC(=O)N1CCCC(C(=O)Nc2sc3c(c2C(=O)N2CCOCC2)CCCC3)C1. The minimum absolute atomic E-state index is 0.00482. The third-order valence-corrected chi connectivity index (χ3v) is 7.45. The molecule has 0 saturated carbocycles. The van der Waals surface area contributed by atoms with Crippen molar-refractivity contribution in [2.75, 3.05) is 51.3 Å². The molecule has 0 aromatic carbocycles. The van der Waals surface area contributed by atoms with Crippen LogP contribution in [0.1, 0.15) is 53.4 Å². The molecule has 0 radical (unpaired) electrons. The summed E-state index contributed by atoms with van der Waals surface area (Å²) < 4.78 is 10.5. The fourth-order valence-electron chi connectivity index (χ4n) is 4.59. The Kier molecular flexibility index (Phi) is 7.12. The molecule has 0 bridgehead atoms. The lowest BCUT2D eigenvalue weighted by atomic mass is 9.94. The predicted molar refractivity (Wildman–Crippen MR) is 118 cm³/mol. The van der Waals surface area contributed by atoms with E-state index in [4.69, 9.17) is 9.47 Å². The number of nitrogens with one attached hydrogen (secondary N) is 1. The Bertz CT molecular complexity index is 833. The van der Waals surface area contributed by atoms with Gasteiger partial charge in [0.2, 0.25) is 5.91 Å². The highest BCUT2D eigenvalue weighted by Gasteiger charge is 2.33. The minimum Gasteiger partial charge on any atom is -0.450 e. The van der Waals surface area contributed by atoms with E-state index in [1.54, 1.807) is 23.2 Å². The van der Waals surface area contributed by atoms with Crippen LogP contribution in [0.25, 0.3) is 0 Å². The Morgan fingerprint density at radius 3 is 2.65 bits per heavy atom. The summed E-state index contributed by atoms with van der Waals surface area (Å²) in [5.74, 6) is -0.429. The molecular weight excluding hydrogens is 418 g/mol. The number of hydrogen-bond acceptors (Lipinski definition) is 6. The van der Waals surface area contributed by atoms with Crippen molar-refractivity contribution in [3.63, 3.8) is 0 Å². The highest BCUT2D eigenvalue weighted by molar-refractivity contribution is 7.17. The first-order chi connectivity index (χ1) is 15.1. The molecule has 1 N–H and O–H groups in total. The first-order valence-electron chi connectivity index (χ1n) is 11.3. The summed E-state index contributed by atoms with van der Waals surface area (Å²) in [6.45, 7) is 5.30. The van der Waals surface area contributed by atoms with E-state index in [0.29, 0.717) is 56.6 Å². The van der Waals surface area contributed by atoms with Crippen LogP contribution in [-0.2, 0) is 27.1 Å². The van der Waals surface area contributed by atoms with Crippen LogP contribution < -0.4 is 5.32 Å². The molecule has 31 heavy (non-hydrogen) atoms. The molecule has 8 nitrogen and oxygen atoms in total. The Morgan fingerprint density at radius 2 is 1.87 bits per heavy atom. The van der Waals surface area contributed by atoms with Gasteiger partial charge in [0, 0.05) is 31.1 Å². The maximum absolute atomic E-state index is 13.4. The van der Waals surface area contributed by atoms with E-state index in [2.05, 4.69) is 5.32 Å². The number of piperidine rings is 1. The van der Waals surface area contributed by atoms with Crippen LogP contribution in [0.2, 0.25) is 0 Å². The van der Waals surface area contributed by atoms with Gasteiger partial charge in [-0.1, -0.05) is 0 Å². The summed E-state index contributed by atoms with van der Waals surface area (Å²) in [5.41, 5.74) is 1.79. The van der Waals surface area contributed by atoms with Crippen LogP contribution in [0.5, 0.6) is 0 Å². The van der Waals surface area contributed by atoms with Crippen LogP contribution >= 0.6 is 11.3 Å². The van der Waals surface area contributed by atoms with E-state index >= 15 is 0 Å². The lowest BCUT2D eigenvalue weighted by Gasteiger charge is -2.31. The molecule has 170 valence electrons. The number of morpholine rings is 1. The predicted octanol–water partition coefficient (Wildman–Crippen LogP) is 2.91. The molecule has 1 atom stereocenters.